The largest absolute Gasteiger partial charge is 0.309 e. The first-order valence-corrected chi connectivity index (χ1v) is 23.0. The van der Waals surface area contributed by atoms with Crippen molar-refractivity contribution in [1.82, 2.24) is 4.57 Å². The van der Waals surface area contributed by atoms with Gasteiger partial charge in [0.2, 0.25) is 0 Å². The molecule has 0 saturated carbocycles. The Morgan fingerprint density at radius 3 is 1.11 bits per heavy atom. The van der Waals surface area contributed by atoms with E-state index in [1.165, 1.54) is 67.3 Å². The van der Waals surface area contributed by atoms with Crippen LogP contribution in [-0.4, -0.2) is 10.8 Å². The molecule has 56 heavy (non-hydrogen) atoms. The molecule has 0 saturated heterocycles. The summed E-state index contributed by atoms with van der Waals surface area (Å²) in [6.07, 6.45) is 2.46. The minimum atomic E-state index is -1.88. The van der Waals surface area contributed by atoms with Gasteiger partial charge < -0.3 is 4.57 Å². The Hall–Kier alpha value is -5.74. The van der Waals surface area contributed by atoms with Gasteiger partial charge in [-0.2, -0.15) is 10.0 Å². The van der Waals surface area contributed by atoms with Gasteiger partial charge in [0.15, 0.2) is 0 Å². The Morgan fingerprint density at radius 2 is 0.714 bits per heavy atom. The van der Waals surface area contributed by atoms with E-state index >= 15 is 0 Å². The summed E-state index contributed by atoms with van der Waals surface area (Å²) < 4.78 is 2.48. The quantitative estimate of drug-likeness (QED) is 0.145. The third kappa shape index (κ3) is 5.98. The van der Waals surface area contributed by atoms with Crippen molar-refractivity contribution >= 4 is 41.9 Å². The summed E-state index contributed by atoms with van der Waals surface area (Å²) in [6.45, 7) is 6.85. The van der Waals surface area contributed by atoms with Crippen LogP contribution in [0.4, 0.5) is 0 Å². The second kappa shape index (κ2) is 14.4. The van der Waals surface area contributed by atoms with Crippen molar-refractivity contribution in [3.63, 3.8) is 0 Å². The summed E-state index contributed by atoms with van der Waals surface area (Å²) in [5, 5.41) is 2.54. The molecule has 0 aliphatic rings. The fraction of sp³-hybridized carbons (Fsp3) is 0.0943. The van der Waals surface area contributed by atoms with Gasteiger partial charge >= 0.3 is 0 Å². The number of rotatable bonds is 8. The molecule has 0 N–H and O–H groups in total. The van der Waals surface area contributed by atoms with Gasteiger partial charge in [-0.1, -0.05) is 124 Å². The summed E-state index contributed by atoms with van der Waals surface area (Å²) in [6, 6.07) is 79.5. The van der Waals surface area contributed by atoms with Crippen LogP contribution in [0.25, 0.3) is 27.5 Å². The Bertz CT molecular complexity index is 2610. The van der Waals surface area contributed by atoms with Crippen LogP contribution in [0, 0.1) is 0 Å². The van der Waals surface area contributed by atoms with E-state index in [1.54, 1.807) is 0 Å². The van der Waals surface area contributed by atoms with Gasteiger partial charge in [-0.3, -0.25) is 0 Å². The molecule has 0 aliphatic heterocycles. The number of aromatic nitrogens is 1. The molecule has 3 heteroatoms. The van der Waals surface area contributed by atoms with E-state index in [2.05, 4.69) is 244 Å². The van der Waals surface area contributed by atoms with E-state index in [-0.39, 0.29) is 5.41 Å². The van der Waals surface area contributed by atoms with Crippen LogP contribution in [0.2, 0.25) is 0 Å². The highest BCUT2D eigenvalue weighted by molar-refractivity contribution is 8.34. The Kier molecular flexibility index (Phi) is 9.24. The molecule has 0 unspecified atom stereocenters. The van der Waals surface area contributed by atoms with Crippen molar-refractivity contribution < 1.29 is 0 Å². The van der Waals surface area contributed by atoms with Crippen molar-refractivity contribution in [2.24, 2.45) is 0 Å². The SMILES string of the molecule is CC(C)(C)c1ccc(-n2c3ccc(S(C)(c4ccccc4)c4ccccc4)cc3c3cc(S(c4ccccc4)(c4ccccc4)c4ccccc4)ccc32)cc1. The minimum absolute atomic E-state index is 0.0731. The third-order valence-electron chi connectivity index (χ3n) is 11.2. The van der Waals surface area contributed by atoms with Crippen molar-refractivity contribution in [2.45, 2.75) is 60.5 Å². The van der Waals surface area contributed by atoms with Crippen LogP contribution in [0.3, 0.4) is 0 Å². The first kappa shape index (κ1) is 35.9. The van der Waals surface area contributed by atoms with Gasteiger partial charge in [0.25, 0.3) is 0 Å². The lowest BCUT2D eigenvalue weighted by Crippen LogP contribution is -2.10. The highest BCUT2D eigenvalue weighted by atomic mass is 32.3. The van der Waals surface area contributed by atoms with Crippen molar-refractivity contribution in [2.75, 3.05) is 6.26 Å². The number of nitrogens with zero attached hydrogens (tertiary/aromatic N) is 1. The van der Waals surface area contributed by atoms with E-state index in [0.717, 1.165) is 0 Å². The van der Waals surface area contributed by atoms with Crippen molar-refractivity contribution in [3.8, 4) is 5.69 Å². The smallest absolute Gasteiger partial charge is 0.0541 e. The molecule has 9 rings (SSSR count). The monoisotopic (exact) mass is 761 g/mol. The van der Waals surface area contributed by atoms with Crippen LogP contribution in [-0.2, 0) is 5.41 Å². The second-order valence-corrected chi connectivity index (χ2v) is 21.9. The number of hydrogen-bond donors (Lipinski definition) is 0. The lowest BCUT2D eigenvalue weighted by molar-refractivity contribution is 0.590. The predicted octanol–water partition coefficient (Wildman–Crippen LogP) is 15.3. The van der Waals surface area contributed by atoms with Gasteiger partial charge in [0.05, 0.1) is 11.0 Å². The zero-order valence-electron chi connectivity index (χ0n) is 32.5. The molecule has 1 nitrogen and oxygen atoms in total. The van der Waals surface area contributed by atoms with E-state index in [4.69, 9.17) is 0 Å². The summed E-state index contributed by atoms with van der Waals surface area (Å²) in [5.74, 6) is 0. The molecule has 0 aliphatic carbocycles. The van der Waals surface area contributed by atoms with Gasteiger partial charge in [-0.25, -0.2) is 0 Å². The molecular formula is C53H47NS2. The number of benzene rings is 8. The molecule has 0 bridgehead atoms. The fourth-order valence-corrected chi connectivity index (χ4v) is 15.1. The van der Waals surface area contributed by atoms with Gasteiger partial charge in [0.1, 0.15) is 0 Å². The molecule has 0 atom stereocenters. The van der Waals surface area contributed by atoms with Crippen LogP contribution >= 0.6 is 20.1 Å². The van der Waals surface area contributed by atoms with E-state index < -0.39 is 20.1 Å². The Morgan fingerprint density at radius 1 is 0.357 bits per heavy atom. The van der Waals surface area contributed by atoms with E-state index in [1.807, 2.05) is 0 Å². The molecule has 8 aromatic carbocycles. The number of fused-ring (bicyclic) bond motifs is 3. The molecular weight excluding hydrogens is 715 g/mol. The van der Waals surface area contributed by atoms with Gasteiger partial charge in [0, 0.05) is 36.0 Å². The predicted molar refractivity (Wildman–Crippen MR) is 241 cm³/mol. The number of hydrogen-bond acceptors (Lipinski definition) is 0. The average molecular weight is 762 g/mol. The fourth-order valence-electron chi connectivity index (χ4n) is 8.30. The first-order valence-electron chi connectivity index (χ1n) is 19.4. The van der Waals surface area contributed by atoms with Crippen LogP contribution in [0.1, 0.15) is 26.3 Å². The highest BCUT2D eigenvalue weighted by Crippen LogP contribution is 2.74. The maximum atomic E-state index is 2.53. The normalized spacial score (nSPS) is 12.9. The summed E-state index contributed by atoms with van der Waals surface area (Å²) in [7, 11) is -3.46. The van der Waals surface area contributed by atoms with Crippen LogP contribution in [0.5, 0.6) is 0 Å². The van der Waals surface area contributed by atoms with Crippen molar-refractivity contribution in [3.05, 3.63) is 218 Å². The van der Waals surface area contributed by atoms with Gasteiger partial charge in [-0.05, 0) is 141 Å². The second-order valence-electron chi connectivity index (χ2n) is 15.6. The zero-order valence-corrected chi connectivity index (χ0v) is 34.1. The van der Waals surface area contributed by atoms with Crippen LogP contribution < -0.4 is 0 Å². The molecule has 1 aromatic heterocycles. The molecule has 0 fully saturated rings. The average Bonchev–Trinajstić information content (AvgIpc) is 3.58. The van der Waals surface area contributed by atoms with Crippen molar-refractivity contribution in [1.29, 1.82) is 0 Å². The molecule has 0 spiro atoms. The third-order valence-corrected chi connectivity index (χ3v) is 18.8. The molecule has 0 amide bonds. The lowest BCUT2D eigenvalue weighted by atomic mass is 9.87. The molecule has 0 radical (unpaired) electrons. The summed E-state index contributed by atoms with van der Waals surface area (Å²) in [5.41, 5.74) is 5.00. The molecule has 276 valence electrons. The standard InChI is InChI=1S/C53H47NS2/c1-53(2,3)40-30-32-41(33-31-40)54-51-36-34-47(55(4,42-20-10-5-11-21-42)43-22-12-6-13-23-43)38-49(51)50-39-48(35-37-52(50)54)56(44-24-14-7-15-25-44,45-26-16-8-17-27-45)46-28-18-9-19-29-46/h5-39H,1-4H3. The van der Waals surface area contributed by atoms with E-state index in [9.17, 15) is 0 Å². The maximum absolute atomic E-state index is 2.53. The summed E-state index contributed by atoms with van der Waals surface area (Å²) in [4.78, 5) is 9.35. The summed E-state index contributed by atoms with van der Waals surface area (Å²) >= 11 is 0. The minimum Gasteiger partial charge on any atom is -0.309 e. The first-order chi connectivity index (χ1) is 27.3. The topological polar surface area (TPSA) is 4.93 Å². The van der Waals surface area contributed by atoms with Gasteiger partial charge in [-0.15, -0.1) is 10.0 Å². The molecule has 1 heterocycles. The van der Waals surface area contributed by atoms with E-state index in [0.29, 0.717) is 0 Å². The lowest BCUT2D eigenvalue weighted by Gasteiger charge is -2.42. The highest BCUT2D eigenvalue weighted by Gasteiger charge is 2.34. The Labute approximate surface area is 334 Å². The van der Waals surface area contributed by atoms with Crippen LogP contribution in [0.15, 0.2) is 247 Å². The Balaban J connectivity index is 1.38. The molecule has 9 aromatic rings. The maximum Gasteiger partial charge on any atom is 0.0541 e. The zero-order chi connectivity index (χ0) is 38.3.